The molecule has 2 aliphatic rings. The van der Waals surface area contributed by atoms with E-state index in [1.807, 2.05) is 65.0 Å². The number of aromatic nitrogens is 1. The lowest BCUT2D eigenvalue weighted by molar-refractivity contribution is -0.152. The van der Waals surface area contributed by atoms with Crippen molar-refractivity contribution in [3.8, 4) is 0 Å². The number of aliphatic hydroxyl groups is 1. The van der Waals surface area contributed by atoms with Gasteiger partial charge in [0.2, 0.25) is 0 Å². The van der Waals surface area contributed by atoms with E-state index >= 15 is 0 Å². The Balaban J connectivity index is 0.000000250. The summed E-state index contributed by atoms with van der Waals surface area (Å²) in [7, 11) is -1.54. The summed E-state index contributed by atoms with van der Waals surface area (Å²) in [5.41, 5.74) is 12.1. The number of ether oxygens (including phenoxy) is 1. The van der Waals surface area contributed by atoms with Gasteiger partial charge in [0.1, 0.15) is 17.6 Å². The largest absolute Gasteiger partial charge is 0.481 e. The molecule has 1 aliphatic heterocycles. The van der Waals surface area contributed by atoms with Crippen molar-refractivity contribution in [3.05, 3.63) is 107 Å². The molecule has 1 aromatic heterocycles. The van der Waals surface area contributed by atoms with Gasteiger partial charge in [-0.2, -0.15) is 0 Å². The maximum Gasteiger partial charge on any atom is 0.340 e. The Morgan fingerprint density at radius 3 is 2.42 bits per heavy atom. The second kappa shape index (κ2) is 21.7. The van der Waals surface area contributed by atoms with Crippen LogP contribution >= 0.6 is 12.2 Å². The normalized spacial score (nSPS) is 15.4. The summed E-state index contributed by atoms with van der Waals surface area (Å²) < 4.78 is 20.5. The Morgan fingerprint density at radius 2 is 1.73 bits per heavy atom. The van der Waals surface area contributed by atoms with Crippen molar-refractivity contribution >= 4 is 85.6 Å². The number of carboxylic acids is 1. The number of pyridine rings is 1. The summed E-state index contributed by atoms with van der Waals surface area (Å²) in [4.78, 5) is 52.3. The van der Waals surface area contributed by atoms with Gasteiger partial charge in [0.25, 0.3) is 0 Å². The number of aliphatic hydroxyl groups excluding tert-OH is 1. The van der Waals surface area contributed by atoms with E-state index in [9.17, 15) is 28.5 Å². The number of anilines is 3. The number of Topliss-reactive ketones (excluding diaryl/α,β-unsaturated/α-hetero) is 1. The van der Waals surface area contributed by atoms with E-state index in [1.54, 1.807) is 48.5 Å². The van der Waals surface area contributed by atoms with E-state index in [0.717, 1.165) is 34.1 Å². The first-order valence-electron chi connectivity index (χ1n) is 19.2. The van der Waals surface area contributed by atoms with Gasteiger partial charge in [0.05, 0.1) is 22.5 Å². The average molecular weight is 843 g/mol. The third-order valence-electron chi connectivity index (χ3n) is 9.11. The molecule has 3 unspecified atom stereocenters. The molecule has 14 nitrogen and oxygen atoms in total. The van der Waals surface area contributed by atoms with Crippen LogP contribution in [0, 0.1) is 0 Å². The van der Waals surface area contributed by atoms with E-state index in [1.165, 1.54) is 0 Å². The molecule has 0 bridgehead atoms. The van der Waals surface area contributed by atoms with Gasteiger partial charge in [-0.1, -0.05) is 58.9 Å². The molecule has 1 aliphatic carbocycles. The molecule has 2 amide bonds. The minimum atomic E-state index is -1.54. The number of hydrogen-bond donors (Lipinski definition) is 7. The third-order valence-corrected chi connectivity index (χ3v) is 10.3. The standard InChI is InChI=1S/C21H19N3O4S.C20H25N3O4S.C2H6/c1-2-10-6-13-15(4-3-5-16(13)24-21(22)29)23-18(10)11-7-12-14(17(25)8-11)9-28-20(27)19(12)26;1-3-10-21-20(26)22-16-7-5-9-18(13-16)28(27)23-17-8-4-6-15(12-17)14(2)11-19(24)25;1-2/h3-7,19,26H,2,8-9H2,1H3,(H3,22,24,29);4-9,12-14,23H,3,10-11H2,1-2H3,(H,24,25)(H2,21,22,26);1-2H3. The lowest BCUT2D eigenvalue weighted by Crippen LogP contribution is -2.35. The zero-order chi connectivity index (χ0) is 43.2. The molecule has 312 valence electrons. The Morgan fingerprint density at radius 1 is 1.02 bits per heavy atom. The van der Waals surface area contributed by atoms with Crippen molar-refractivity contribution in [1.29, 1.82) is 0 Å². The van der Waals surface area contributed by atoms with Crippen LogP contribution in [0.5, 0.6) is 0 Å². The predicted octanol–water partition coefficient (Wildman–Crippen LogP) is 6.98. The number of rotatable bonds is 12. The molecule has 0 spiro atoms. The summed E-state index contributed by atoms with van der Waals surface area (Å²) >= 11 is 4.95. The highest BCUT2D eigenvalue weighted by Crippen LogP contribution is 2.35. The number of carbonyl (C=O) groups is 4. The number of amides is 2. The van der Waals surface area contributed by atoms with E-state index in [-0.39, 0.29) is 42.3 Å². The number of allylic oxidation sites excluding steroid dienone is 1. The number of hydrogen-bond acceptors (Lipinski definition) is 9. The van der Waals surface area contributed by atoms with Crippen molar-refractivity contribution < 1.29 is 38.3 Å². The van der Waals surface area contributed by atoms with Crippen LogP contribution in [0.1, 0.15) is 76.6 Å². The number of urea groups is 1. The number of aliphatic carboxylic acids is 1. The zero-order valence-electron chi connectivity index (χ0n) is 33.6. The monoisotopic (exact) mass is 842 g/mol. The first-order valence-corrected chi connectivity index (χ1v) is 20.8. The van der Waals surface area contributed by atoms with Gasteiger partial charge in [0.15, 0.2) is 17.0 Å². The number of thiocarbonyl (C=S) groups is 1. The number of esters is 1. The van der Waals surface area contributed by atoms with E-state index in [4.69, 9.17) is 32.8 Å². The second-order valence-corrected chi connectivity index (χ2v) is 15.0. The number of benzene rings is 3. The minimum Gasteiger partial charge on any atom is -0.481 e. The molecule has 0 fully saturated rings. The van der Waals surface area contributed by atoms with E-state index in [0.29, 0.717) is 51.6 Å². The van der Waals surface area contributed by atoms with Crippen LogP contribution in [0.4, 0.5) is 21.9 Å². The Kier molecular flexibility index (Phi) is 16.8. The Labute approximate surface area is 351 Å². The first kappa shape index (κ1) is 45.7. The highest BCUT2D eigenvalue weighted by molar-refractivity contribution is 7.86. The third kappa shape index (κ3) is 12.3. The van der Waals surface area contributed by atoms with Crippen LogP contribution in [-0.2, 0) is 36.5 Å². The van der Waals surface area contributed by atoms with Gasteiger partial charge < -0.3 is 41.4 Å². The molecule has 3 atom stereocenters. The van der Waals surface area contributed by atoms with Crippen LogP contribution in [0.3, 0.4) is 0 Å². The number of fused-ring (bicyclic) bond motifs is 1. The summed E-state index contributed by atoms with van der Waals surface area (Å²) in [6, 6.07) is 21.3. The fraction of sp³-hybridized carbons (Fsp3) is 0.302. The Hall–Kier alpha value is -5.97. The topological polar surface area (TPSA) is 222 Å². The molecule has 0 radical (unpaired) electrons. The van der Waals surface area contributed by atoms with Gasteiger partial charge in [-0.05, 0) is 102 Å². The zero-order valence-corrected chi connectivity index (χ0v) is 35.2. The summed E-state index contributed by atoms with van der Waals surface area (Å²) in [5.74, 6) is -1.93. The van der Waals surface area contributed by atoms with Crippen LogP contribution in [0.15, 0.2) is 94.9 Å². The number of nitrogens with one attached hydrogen (secondary N) is 4. The number of carboxylic acid groups (broad SMARTS) is 1. The van der Waals surface area contributed by atoms with Crippen molar-refractivity contribution in [1.82, 2.24) is 10.3 Å². The smallest absolute Gasteiger partial charge is 0.340 e. The molecular weight excluding hydrogens is 793 g/mol. The van der Waals surface area contributed by atoms with Crippen molar-refractivity contribution in [2.24, 2.45) is 5.73 Å². The number of aryl methyl sites for hydroxylation is 1. The van der Waals surface area contributed by atoms with Crippen LogP contribution < -0.4 is 26.4 Å². The Bertz CT molecular complexity index is 2310. The summed E-state index contributed by atoms with van der Waals surface area (Å²) in [6.07, 6.45) is 1.93. The molecular formula is C43H50N6O8S2. The fourth-order valence-electron chi connectivity index (χ4n) is 6.26. The highest BCUT2D eigenvalue weighted by Gasteiger charge is 2.35. The summed E-state index contributed by atoms with van der Waals surface area (Å²) in [6.45, 7) is 10.3. The maximum absolute atomic E-state index is 12.7. The highest BCUT2D eigenvalue weighted by atomic mass is 32.2. The quantitative estimate of drug-likeness (QED) is 0.0567. The maximum atomic E-state index is 12.7. The van der Waals surface area contributed by atoms with Crippen LogP contribution in [-0.4, -0.2) is 67.5 Å². The predicted molar refractivity (Wildman–Crippen MR) is 235 cm³/mol. The average Bonchev–Trinajstić information content (AvgIpc) is 3.22. The van der Waals surface area contributed by atoms with E-state index in [2.05, 4.69) is 20.7 Å². The molecule has 16 heteroatoms. The molecule has 59 heavy (non-hydrogen) atoms. The van der Waals surface area contributed by atoms with Gasteiger partial charge in [0, 0.05) is 46.6 Å². The number of ketones is 1. The molecule has 0 saturated heterocycles. The number of nitrogens with zero attached hydrogens (tertiary/aromatic N) is 1. The van der Waals surface area contributed by atoms with Crippen LogP contribution in [0.25, 0.3) is 16.5 Å². The van der Waals surface area contributed by atoms with Crippen molar-refractivity contribution in [2.75, 3.05) is 28.5 Å². The lowest BCUT2D eigenvalue weighted by Gasteiger charge is -2.26. The molecule has 8 N–H and O–H groups in total. The summed E-state index contributed by atoms with van der Waals surface area (Å²) in [5, 5.41) is 28.6. The van der Waals surface area contributed by atoms with E-state index < -0.39 is 29.0 Å². The lowest BCUT2D eigenvalue weighted by atomic mass is 9.85. The second-order valence-electron chi connectivity index (χ2n) is 13.3. The molecule has 4 aromatic rings. The van der Waals surface area contributed by atoms with Crippen molar-refractivity contribution in [2.45, 2.75) is 77.2 Å². The van der Waals surface area contributed by atoms with Crippen molar-refractivity contribution in [3.63, 3.8) is 0 Å². The van der Waals surface area contributed by atoms with Crippen LogP contribution in [0.2, 0.25) is 0 Å². The molecule has 6 rings (SSSR count). The fourth-order valence-corrected chi connectivity index (χ4v) is 7.26. The molecule has 2 heterocycles. The molecule has 3 aromatic carbocycles. The number of cyclic esters (lactones) is 1. The first-order chi connectivity index (χ1) is 28.3. The SMILES string of the molecule is CC.CCCNC(=O)Nc1cccc(S(=O)Nc2cccc(C(C)CC(=O)O)c2)c1.CCc1cc2c(NC(N)=S)cccc2nc1C1=CC2=C(COC(=O)C2O)C(=O)C1. The minimum absolute atomic E-state index is 0.0281. The van der Waals surface area contributed by atoms with Gasteiger partial charge in [-0.25, -0.2) is 18.8 Å². The van der Waals surface area contributed by atoms with Gasteiger partial charge in [-0.3, -0.25) is 9.59 Å². The number of nitrogens with two attached hydrogens (primary N) is 1. The van der Waals surface area contributed by atoms with Gasteiger partial charge >= 0.3 is 18.0 Å². The molecule has 0 saturated carbocycles. The number of carbonyl (C=O) groups excluding carboxylic acids is 3. The van der Waals surface area contributed by atoms with Gasteiger partial charge in [-0.15, -0.1) is 0 Å².